The van der Waals surface area contributed by atoms with Crippen LogP contribution in [-0.4, -0.2) is 22.6 Å². The lowest BCUT2D eigenvalue weighted by atomic mass is 10.1. The molecule has 0 saturated heterocycles. The van der Waals surface area contributed by atoms with Crippen molar-refractivity contribution in [2.75, 3.05) is 11.9 Å². The Kier molecular flexibility index (Phi) is 2.93. The van der Waals surface area contributed by atoms with Crippen LogP contribution < -0.4 is 11.1 Å². The first-order valence-electron chi connectivity index (χ1n) is 5.11. The number of nitrogens with two attached hydrogens (primary N) is 1. The number of nitrogens with one attached hydrogen (secondary N) is 1. The first-order valence-corrected chi connectivity index (χ1v) is 5.11. The summed E-state index contributed by atoms with van der Waals surface area (Å²) in [7, 11) is 0. The Balaban J connectivity index is 1.88. The average Bonchev–Trinajstić information content (AvgIpc) is 2.67. The molecule has 1 aliphatic rings. The predicted molar refractivity (Wildman–Crippen MR) is 55.8 cm³/mol. The van der Waals surface area contributed by atoms with E-state index in [1.165, 1.54) is 19.3 Å². The number of nitrogens with zero attached hydrogens (tertiary/aromatic N) is 2. The van der Waals surface area contributed by atoms with Gasteiger partial charge in [0.25, 0.3) is 0 Å². The van der Waals surface area contributed by atoms with Crippen molar-refractivity contribution in [1.29, 1.82) is 0 Å². The molecule has 4 heteroatoms. The smallest absolute Gasteiger partial charge is 0.129 e. The predicted octanol–water partition coefficient (Wildman–Crippen LogP) is 1.02. The summed E-state index contributed by atoms with van der Waals surface area (Å²) in [4.78, 5) is 8.02. The van der Waals surface area contributed by atoms with Gasteiger partial charge in [-0.15, -0.1) is 0 Å². The Morgan fingerprint density at radius 3 is 3.07 bits per heavy atom. The summed E-state index contributed by atoms with van der Waals surface area (Å²) in [6.45, 7) is 0.807. The highest BCUT2D eigenvalue weighted by Gasteiger charge is 2.23. The van der Waals surface area contributed by atoms with Crippen molar-refractivity contribution in [3.8, 4) is 0 Å². The zero-order chi connectivity index (χ0) is 9.80. The Morgan fingerprint density at radius 2 is 2.43 bits per heavy atom. The molecule has 2 atom stereocenters. The molecule has 1 aromatic rings. The maximum absolute atomic E-state index is 5.64. The quantitative estimate of drug-likeness (QED) is 0.750. The van der Waals surface area contributed by atoms with E-state index < -0.39 is 0 Å². The maximum atomic E-state index is 5.64. The van der Waals surface area contributed by atoms with Crippen LogP contribution in [0.25, 0.3) is 0 Å². The molecule has 4 nitrogen and oxygen atoms in total. The van der Waals surface area contributed by atoms with Crippen LogP contribution in [-0.2, 0) is 0 Å². The molecule has 1 fully saturated rings. The molecule has 1 aromatic heterocycles. The Morgan fingerprint density at radius 1 is 1.50 bits per heavy atom. The SMILES string of the molecule is NCC1CCC(Nc2ccncn2)C1. The third-order valence-corrected chi connectivity index (χ3v) is 2.81. The standard InChI is InChI=1S/C10H16N4/c11-6-8-1-2-9(5-8)14-10-3-4-12-7-13-10/h3-4,7-9H,1-2,5-6,11H2,(H,12,13,14). The van der Waals surface area contributed by atoms with Crippen molar-refractivity contribution >= 4 is 5.82 Å². The lowest BCUT2D eigenvalue weighted by Gasteiger charge is -2.12. The lowest BCUT2D eigenvalue weighted by Crippen LogP contribution is -2.18. The summed E-state index contributed by atoms with van der Waals surface area (Å²) in [6, 6.07) is 2.44. The minimum absolute atomic E-state index is 0.540. The van der Waals surface area contributed by atoms with E-state index in [2.05, 4.69) is 15.3 Å². The molecule has 0 amide bonds. The first kappa shape index (κ1) is 9.40. The highest BCUT2D eigenvalue weighted by molar-refractivity contribution is 5.33. The Labute approximate surface area is 83.9 Å². The van der Waals surface area contributed by atoms with Crippen LogP contribution >= 0.6 is 0 Å². The molecule has 14 heavy (non-hydrogen) atoms. The molecule has 2 rings (SSSR count). The summed E-state index contributed by atoms with van der Waals surface area (Å²) >= 11 is 0. The second-order valence-corrected chi connectivity index (χ2v) is 3.85. The first-order chi connectivity index (χ1) is 6.88. The molecular weight excluding hydrogens is 176 g/mol. The van der Waals surface area contributed by atoms with Gasteiger partial charge in [0.1, 0.15) is 12.1 Å². The zero-order valence-corrected chi connectivity index (χ0v) is 8.19. The average molecular weight is 192 g/mol. The van der Waals surface area contributed by atoms with Crippen LogP contribution in [0.2, 0.25) is 0 Å². The number of rotatable bonds is 3. The van der Waals surface area contributed by atoms with E-state index >= 15 is 0 Å². The van der Waals surface area contributed by atoms with Gasteiger partial charge in [-0.05, 0) is 37.8 Å². The summed E-state index contributed by atoms with van der Waals surface area (Å²) in [6.07, 6.45) is 6.92. The molecule has 0 aliphatic heterocycles. The van der Waals surface area contributed by atoms with Gasteiger partial charge in [-0.3, -0.25) is 0 Å². The van der Waals surface area contributed by atoms with Crippen LogP contribution in [0.4, 0.5) is 5.82 Å². The van der Waals surface area contributed by atoms with Gasteiger partial charge in [-0.25, -0.2) is 9.97 Å². The van der Waals surface area contributed by atoms with E-state index in [9.17, 15) is 0 Å². The third-order valence-electron chi connectivity index (χ3n) is 2.81. The van der Waals surface area contributed by atoms with Gasteiger partial charge in [0.2, 0.25) is 0 Å². The number of aromatic nitrogens is 2. The molecule has 1 saturated carbocycles. The zero-order valence-electron chi connectivity index (χ0n) is 8.19. The van der Waals surface area contributed by atoms with Crippen molar-refractivity contribution in [3.05, 3.63) is 18.6 Å². The second-order valence-electron chi connectivity index (χ2n) is 3.85. The largest absolute Gasteiger partial charge is 0.367 e. The summed E-state index contributed by atoms with van der Waals surface area (Å²) in [5.74, 6) is 1.61. The van der Waals surface area contributed by atoms with Gasteiger partial charge in [-0.2, -0.15) is 0 Å². The van der Waals surface area contributed by atoms with Gasteiger partial charge in [0.05, 0.1) is 0 Å². The van der Waals surface area contributed by atoms with Gasteiger partial charge in [-0.1, -0.05) is 0 Å². The van der Waals surface area contributed by atoms with Crippen LogP contribution in [0, 0.1) is 5.92 Å². The van der Waals surface area contributed by atoms with Crippen LogP contribution in [0.1, 0.15) is 19.3 Å². The number of hydrogen-bond donors (Lipinski definition) is 2. The van der Waals surface area contributed by atoms with E-state index in [0.717, 1.165) is 12.4 Å². The van der Waals surface area contributed by atoms with Crippen LogP contribution in [0.5, 0.6) is 0 Å². The van der Waals surface area contributed by atoms with Gasteiger partial charge < -0.3 is 11.1 Å². The fourth-order valence-corrected chi connectivity index (χ4v) is 2.01. The molecule has 0 spiro atoms. The Hall–Kier alpha value is -1.16. The topological polar surface area (TPSA) is 63.8 Å². The molecule has 0 bridgehead atoms. The lowest BCUT2D eigenvalue weighted by molar-refractivity contribution is 0.555. The van der Waals surface area contributed by atoms with Crippen molar-refractivity contribution in [2.24, 2.45) is 11.7 Å². The fraction of sp³-hybridized carbons (Fsp3) is 0.600. The highest BCUT2D eigenvalue weighted by Crippen LogP contribution is 2.26. The summed E-state index contributed by atoms with van der Waals surface area (Å²) < 4.78 is 0. The normalized spacial score (nSPS) is 26.4. The minimum Gasteiger partial charge on any atom is -0.367 e. The van der Waals surface area contributed by atoms with Crippen molar-refractivity contribution in [3.63, 3.8) is 0 Å². The monoisotopic (exact) mass is 192 g/mol. The fourth-order valence-electron chi connectivity index (χ4n) is 2.01. The van der Waals surface area contributed by atoms with Crippen LogP contribution in [0.3, 0.4) is 0 Å². The van der Waals surface area contributed by atoms with Gasteiger partial charge in [0, 0.05) is 12.2 Å². The van der Waals surface area contributed by atoms with E-state index in [1.807, 2.05) is 6.07 Å². The third kappa shape index (κ3) is 2.20. The molecule has 3 N–H and O–H groups in total. The molecule has 1 aliphatic carbocycles. The molecule has 1 heterocycles. The van der Waals surface area contributed by atoms with E-state index in [4.69, 9.17) is 5.73 Å². The number of hydrogen-bond acceptors (Lipinski definition) is 4. The van der Waals surface area contributed by atoms with Crippen molar-refractivity contribution in [1.82, 2.24) is 9.97 Å². The second kappa shape index (κ2) is 4.37. The van der Waals surface area contributed by atoms with Gasteiger partial charge in [0.15, 0.2) is 0 Å². The molecule has 0 aromatic carbocycles. The Bertz CT molecular complexity index is 275. The van der Waals surface area contributed by atoms with Crippen molar-refractivity contribution < 1.29 is 0 Å². The highest BCUT2D eigenvalue weighted by atomic mass is 15.0. The van der Waals surface area contributed by atoms with E-state index in [-0.39, 0.29) is 0 Å². The van der Waals surface area contributed by atoms with Crippen LogP contribution in [0.15, 0.2) is 18.6 Å². The van der Waals surface area contributed by atoms with E-state index in [1.54, 1.807) is 12.5 Å². The molecule has 2 unspecified atom stereocenters. The maximum Gasteiger partial charge on any atom is 0.129 e. The minimum atomic E-state index is 0.540. The van der Waals surface area contributed by atoms with E-state index in [0.29, 0.717) is 12.0 Å². The molecular formula is C10H16N4. The summed E-state index contributed by atoms with van der Waals surface area (Å²) in [5.41, 5.74) is 5.64. The van der Waals surface area contributed by atoms with Crippen molar-refractivity contribution in [2.45, 2.75) is 25.3 Å². The molecule has 76 valence electrons. The van der Waals surface area contributed by atoms with Gasteiger partial charge >= 0.3 is 0 Å². The summed E-state index contributed by atoms with van der Waals surface area (Å²) in [5, 5.41) is 3.40. The number of anilines is 1. The molecule has 0 radical (unpaired) electrons.